The van der Waals surface area contributed by atoms with Crippen molar-refractivity contribution in [2.24, 2.45) is 0 Å². The molecular formula is C11H18BrN3O. The summed E-state index contributed by atoms with van der Waals surface area (Å²) in [5.41, 5.74) is 7.62. The van der Waals surface area contributed by atoms with Gasteiger partial charge in [-0.1, -0.05) is 0 Å². The summed E-state index contributed by atoms with van der Waals surface area (Å²) < 4.78 is 6.09. The maximum Gasteiger partial charge on any atom is 0.0779 e. The van der Waals surface area contributed by atoms with E-state index in [2.05, 4.69) is 39.7 Å². The summed E-state index contributed by atoms with van der Waals surface area (Å²) in [6.45, 7) is 5.75. The molecule has 1 aromatic rings. The van der Waals surface area contributed by atoms with Gasteiger partial charge in [-0.3, -0.25) is 4.98 Å². The first kappa shape index (κ1) is 13.3. The van der Waals surface area contributed by atoms with E-state index in [9.17, 15) is 0 Å². The van der Waals surface area contributed by atoms with E-state index in [1.165, 1.54) is 0 Å². The van der Waals surface area contributed by atoms with E-state index in [4.69, 9.17) is 10.5 Å². The minimum atomic E-state index is 0.274. The molecule has 1 atom stereocenters. The van der Waals surface area contributed by atoms with Crippen LogP contribution in [0.1, 0.15) is 13.8 Å². The fourth-order valence-electron chi connectivity index (χ4n) is 1.77. The predicted octanol–water partition coefficient (Wildman–Crippen LogP) is 2.29. The Hall–Kier alpha value is -0.810. The molecule has 0 saturated heterocycles. The van der Waals surface area contributed by atoms with Crippen molar-refractivity contribution < 1.29 is 4.74 Å². The van der Waals surface area contributed by atoms with Gasteiger partial charge < -0.3 is 15.4 Å². The van der Waals surface area contributed by atoms with Crippen LogP contribution in [-0.4, -0.2) is 31.3 Å². The number of aromatic nitrogens is 1. The first-order valence-electron chi connectivity index (χ1n) is 5.26. The number of hydrogen-bond donors (Lipinski definition) is 1. The van der Waals surface area contributed by atoms with Crippen molar-refractivity contribution in [2.45, 2.75) is 19.9 Å². The van der Waals surface area contributed by atoms with E-state index in [1.807, 2.05) is 0 Å². The molecular weight excluding hydrogens is 270 g/mol. The predicted molar refractivity (Wildman–Crippen MR) is 70.7 cm³/mol. The normalized spacial score (nSPS) is 12.5. The zero-order valence-corrected chi connectivity index (χ0v) is 11.5. The topological polar surface area (TPSA) is 51.4 Å². The second-order valence-electron chi connectivity index (χ2n) is 3.65. The molecule has 0 spiro atoms. The van der Waals surface area contributed by atoms with Crippen molar-refractivity contribution in [3.05, 3.63) is 16.9 Å². The van der Waals surface area contributed by atoms with Gasteiger partial charge in [0.15, 0.2) is 0 Å². The molecule has 1 heterocycles. The fourth-order valence-corrected chi connectivity index (χ4v) is 2.34. The Bertz CT molecular complexity index is 326. The first-order chi connectivity index (χ1) is 7.61. The van der Waals surface area contributed by atoms with Crippen LogP contribution in [0.5, 0.6) is 0 Å². The molecule has 0 radical (unpaired) electrons. The number of anilines is 2. The quantitative estimate of drug-likeness (QED) is 0.903. The lowest BCUT2D eigenvalue weighted by molar-refractivity contribution is 0.182. The number of methoxy groups -OCH3 is 1. The van der Waals surface area contributed by atoms with Crippen LogP contribution in [0.15, 0.2) is 16.9 Å². The van der Waals surface area contributed by atoms with Gasteiger partial charge in [0.05, 0.1) is 28.7 Å². The molecule has 1 rings (SSSR count). The number of hydrogen-bond acceptors (Lipinski definition) is 4. The van der Waals surface area contributed by atoms with E-state index in [1.54, 1.807) is 19.5 Å². The van der Waals surface area contributed by atoms with Crippen LogP contribution in [0.3, 0.4) is 0 Å². The van der Waals surface area contributed by atoms with Crippen molar-refractivity contribution in [1.29, 1.82) is 0 Å². The maximum absolute atomic E-state index is 5.96. The Morgan fingerprint density at radius 2 is 2.25 bits per heavy atom. The largest absolute Gasteiger partial charge is 0.396 e. The summed E-state index contributed by atoms with van der Waals surface area (Å²) in [6, 6.07) is 0.274. The van der Waals surface area contributed by atoms with Gasteiger partial charge >= 0.3 is 0 Å². The van der Waals surface area contributed by atoms with Gasteiger partial charge in [0.2, 0.25) is 0 Å². The van der Waals surface area contributed by atoms with Crippen LogP contribution in [0.2, 0.25) is 0 Å². The Kier molecular flexibility index (Phi) is 5.02. The van der Waals surface area contributed by atoms with Crippen molar-refractivity contribution >= 4 is 27.3 Å². The highest BCUT2D eigenvalue weighted by Gasteiger charge is 2.17. The monoisotopic (exact) mass is 287 g/mol. The zero-order chi connectivity index (χ0) is 12.1. The molecule has 2 N–H and O–H groups in total. The number of likely N-dealkylation sites (N-methyl/N-ethyl adjacent to an activating group) is 1. The summed E-state index contributed by atoms with van der Waals surface area (Å²) in [6.07, 6.45) is 3.43. The average Bonchev–Trinajstić information content (AvgIpc) is 2.24. The molecule has 1 unspecified atom stereocenters. The standard InChI is InChI=1S/C11H18BrN3O/c1-4-15(8(2)7-16-3)11-9(12)5-14-6-10(11)13/h5-6,8H,4,7,13H2,1-3H3. The van der Waals surface area contributed by atoms with Crippen molar-refractivity contribution in [3.63, 3.8) is 0 Å². The Balaban J connectivity index is 3.03. The molecule has 1 aromatic heterocycles. The van der Waals surface area contributed by atoms with Crippen LogP contribution in [0.4, 0.5) is 11.4 Å². The number of nitrogens with two attached hydrogens (primary N) is 1. The first-order valence-corrected chi connectivity index (χ1v) is 6.05. The number of halogens is 1. The van der Waals surface area contributed by atoms with Gasteiger partial charge in [-0.25, -0.2) is 0 Å². The van der Waals surface area contributed by atoms with Gasteiger partial charge in [0.25, 0.3) is 0 Å². The highest BCUT2D eigenvalue weighted by Crippen LogP contribution is 2.32. The summed E-state index contributed by atoms with van der Waals surface area (Å²) in [5, 5.41) is 0. The number of nitrogens with zero attached hydrogens (tertiary/aromatic N) is 2. The zero-order valence-electron chi connectivity index (χ0n) is 9.90. The molecule has 0 saturated carbocycles. The van der Waals surface area contributed by atoms with Crippen LogP contribution in [-0.2, 0) is 4.74 Å². The van der Waals surface area contributed by atoms with Gasteiger partial charge in [-0.2, -0.15) is 0 Å². The summed E-state index contributed by atoms with van der Waals surface area (Å²) in [7, 11) is 1.70. The van der Waals surface area contributed by atoms with Crippen LogP contribution in [0, 0.1) is 0 Å². The molecule has 0 bridgehead atoms. The molecule has 90 valence electrons. The van der Waals surface area contributed by atoms with Crippen molar-refractivity contribution in [1.82, 2.24) is 4.98 Å². The summed E-state index contributed by atoms with van der Waals surface area (Å²) in [4.78, 5) is 6.24. The Morgan fingerprint density at radius 3 is 2.75 bits per heavy atom. The molecule has 0 aromatic carbocycles. The molecule has 0 aliphatic heterocycles. The van der Waals surface area contributed by atoms with Gasteiger partial charge in [-0.05, 0) is 29.8 Å². The second-order valence-corrected chi connectivity index (χ2v) is 4.50. The fraction of sp³-hybridized carbons (Fsp3) is 0.545. The maximum atomic E-state index is 5.96. The highest BCUT2D eigenvalue weighted by atomic mass is 79.9. The lowest BCUT2D eigenvalue weighted by atomic mass is 10.2. The smallest absolute Gasteiger partial charge is 0.0779 e. The molecule has 5 heteroatoms. The third-order valence-corrected chi connectivity index (χ3v) is 3.05. The minimum Gasteiger partial charge on any atom is -0.396 e. The van der Waals surface area contributed by atoms with Crippen molar-refractivity contribution in [3.8, 4) is 0 Å². The number of pyridine rings is 1. The third-order valence-electron chi connectivity index (χ3n) is 2.47. The van der Waals surface area contributed by atoms with Gasteiger partial charge in [-0.15, -0.1) is 0 Å². The lowest BCUT2D eigenvalue weighted by Crippen LogP contribution is -2.36. The number of ether oxygens (including phenoxy) is 1. The Labute approximate surface area is 105 Å². The van der Waals surface area contributed by atoms with E-state index < -0.39 is 0 Å². The van der Waals surface area contributed by atoms with Crippen LogP contribution >= 0.6 is 15.9 Å². The van der Waals surface area contributed by atoms with E-state index in [-0.39, 0.29) is 6.04 Å². The molecule has 0 amide bonds. The van der Waals surface area contributed by atoms with E-state index in [0.29, 0.717) is 12.3 Å². The average molecular weight is 288 g/mol. The second kappa shape index (κ2) is 6.06. The minimum absolute atomic E-state index is 0.274. The van der Waals surface area contributed by atoms with Crippen LogP contribution in [0.25, 0.3) is 0 Å². The van der Waals surface area contributed by atoms with E-state index >= 15 is 0 Å². The molecule has 0 aliphatic carbocycles. The molecule has 16 heavy (non-hydrogen) atoms. The van der Waals surface area contributed by atoms with Gasteiger partial charge in [0, 0.05) is 25.9 Å². The molecule has 4 nitrogen and oxygen atoms in total. The summed E-state index contributed by atoms with van der Waals surface area (Å²) in [5.74, 6) is 0. The van der Waals surface area contributed by atoms with Crippen LogP contribution < -0.4 is 10.6 Å². The SMILES string of the molecule is CCN(c1c(N)cncc1Br)C(C)COC. The highest BCUT2D eigenvalue weighted by molar-refractivity contribution is 9.10. The lowest BCUT2D eigenvalue weighted by Gasteiger charge is -2.31. The van der Waals surface area contributed by atoms with Crippen molar-refractivity contribution in [2.75, 3.05) is 30.9 Å². The third kappa shape index (κ3) is 2.86. The summed E-state index contributed by atoms with van der Waals surface area (Å²) >= 11 is 3.48. The number of rotatable bonds is 5. The van der Waals surface area contributed by atoms with E-state index in [0.717, 1.165) is 16.7 Å². The molecule has 0 fully saturated rings. The van der Waals surface area contributed by atoms with Gasteiger partial charge in [0.1, 0.15) is 0 Å². The molecule has 0 aliphatic rings. The Morgan fingerprint density at radius 1 is 1.56 bits per heavy atom. The number of nitrogen functional groups attached to an aromatic ring is 1.